The minimum absolute atomic E-state index is 0.0283. The maximum absolute atomic E-state index is 12.8. The largest absolute Gasteiger partial charge is 0.350 e. The second kappa shape index (κ2) is 11.5. The van der Waals surface area contributed by atoms with Gasteiger partial charge in [0.1, 0.15) is 0 Å². The molecule has 184 valence electrons. The highest BCUT2D eigenvalue weighted by atomic mass is 35.5. The summed E-state index contributed by atoms with van der Waals surface area (Å²) in [6, 6.07) is 19.3. The number of piperidine rings is 1. The maximum Gasteiger partial charge on any atom is 0.255 e. The number of aromatic nitrogens is 2. The molecule has 2 heterocycles. The van der Waals surface area contributed by atoms with E-state index in [1.165, 1.54) is 0 Å². The van der Waals surface area contributed by atoms with Gasteiger partial charge >= 0.3 is 0 Å². The van der Waals surface area contributed by atoms with Crippen molar-refractivity contribution in [2.45, 2.75) is 46.1 Å². The van der Waals surface area contributed by atoms with Crippen molar-refractivity contribution < 1.29 is 9.59 Å². The summed E-state index contributed by atoms with van der Waals surface area (Å²) in [5, 5.41) is 8.29. The van der Waals surface area contributed by atoms with Gasteiger partial charge in [0.05, 0.1) is 28.5 Å². The molecule has 0 radical (unpaired) electrons. The zero-order valence-electron chi connectivity index (χ0n) is 20.4. The molecule has 2 amide bonds. The third-order valence-corrected chi connectivity index (χ3v) is 6.73. The molecule has 1 saturated heterocycles. The molecule has 2 aromatic carbocycles. The van der Waals surface area contributed by atoms with Crippen LogP contribution >= 0.6 is 11.6 Å². The van der Waals surface area contributed by atoms with Crippen LogP contribution in [0.15, 0.2) is 60.7 Å². The quantitative estimate of drug-likeness (QED) is 0.465. The molecular weight excluding hydrogens is 460 g/mol. The predicted molar refractivity (Wildman–Crippen MR) is 139 cm³/mol. The normalized spacial score (nSPS) is 14.3. The van der Waals surface area contributed by atoms with Crippen molar-refractivity contribution in [3.8, 4) is 5.69 Å². The summed E-state index contributed by atoms with van der Waals surface area (Å²) in [7, 11) is 0. The first-order chi connectivity index (χ1) is 16.9. The lowest BCUT2D eigenvalue weighted by molar-refractivity contribution is -0.122. The molecular formula is C28H33ClN4O2. The molecule has 1 aromatic heterocycles. The molecule has 4 rings (SSSR count). The zero-order valence-corrected chi connectivity index (χ0v) is 21.2. The smallest absolute Gasteiger partial charge is 0.255 e. The van der Waals surface area contributed by atoms with Gasteiger partial charge in [-0.3, -0.25) is 9.59 Å². The van der Waals surface area contributed by atoms with Crippen molar-refractivity contribution in [1.29, 1.82) is 0 Å². The van der Waals surface area contributed by atoms with Gasteiger partial charge in [-0.2, -0.15) is 5.10 Å². The van der Waals surface area contributed by atoms with Gasteiger partial charge in [0.15, 0.2) is 0 Å². The van der Waals surface area contributed by atoms with Gasteiger partial charge in [-0.1, -0.05) is 55.8 Å². The average Bonchev–Trinajstić information content (AvgIpc) is 3.25. The molecule has 3 aromatic rings. The standard InChI is InChI=1S/C28H33ClN4O2/c1-20(2)16-24-18-22(31-33(24)23-8-4-3-5-9-23)19-30-27(34)17-21-12-14-32(15-13-21)28(35)25-10-6-7-11-26(25)29/h3-11,18,20-21H,12-17,19H2,1-2H3,(H,30,34). The van der Waals surface area contributed by atoms with Gasteiger partial charge in [-0.25, -0.2) is 4.68 Å². The topological polar surface area (TPSA) is 67.2 Å². The number of para-hydroxylation sites is 1. The Balaban J connectivity index is 1.29. The maximum atomic E-state index is 12.8. The monoisotopic (exact) mass is 492 g/mol. The molecule has 0 spiro atoms. The number of carbonyl (C=O) groups excluding carboxylic acids is 2. The van der Waals surface area contributed by atoms with Gasteiger partial charge in [-0.05, 0) is 61.4 Å². The highest BCUT2D eigenvalue weighted by Crippen LogP contribution is 2.24. The molecule has 7 heteroatoms. The fourth-order valence-electron chi connectivity index (χ4n) is 4.59. The van der Waals surface area contributed by atoms with Gasteiger partial charge in [0.25, 0.3) is 5.91 Å². The second-order valence-corrected chi connectivity index (χ2v) is 10.1. The van der Waals surface area contributed by atoms with Crippen LogP contribution in [0.5, 0.6) is 0 Å². The van der Waals surface area contributed by atoms with E-state index in [2.05, 4.69) is 25.2 Å². The van der Waals surface area contributed by atoms with Crippen LogP contribution in [0.3, 0.4) is 0 Å². The number of amides is 2. The first-order valence-corrected chi connectivity index (χ1v) is 12.7. The van der Waals surface area contributed by atoms with E-state index >= 15 is 0 Å². The van der Waals surface area contributed by atoms with E-state index in [4.69, 9.17) is 16.7 Å². The highest BCUT2D eigenvalue weighted by Gasteiger charge is 2.26. The minimum atomic E-state index is -0.0373. The van der Waals surface area contributed by atoms with E-state index in [-0.39, 0.29) is 17.7 Å². The molecule has 0 bridgehead atoms. The fraction of sp³-hybridized carbons (Fsp3) is 0.393. The van der Waals surface area contributed by atoms with Crippen molar-refractivity contribution in [3.05, 3.63) is 82.6 Å². The number of rotatable bonds is 8. The summed E-state index contributed by atoms with van der Waals surface area (Å²) in [6.07, 6.45) is 3.00. The predicted octanol–water partition coefficient (Wildman–Crippen LogP) is 5.28. The van der Waals surface area contributed by atoms with E-state index in [9.17, 15) is 9.59 Å². The Morgan fingerprint density at radius 1 is 1.06 bits per heavy atom. The van der Waals surface area contributed by atoms with E-state index in [1.807, 2.05) is 52.0 Å². The fourth-order valence-corrected chi connectivity index (χ4v) is 4.80. The molecule has 1 N–H and O–H groups in total. The number of nitrogens with one attached hydrogen (secondary N) is 1. The number of hydrogen-bond donors (Lipinski definition) is 1. The first kappa shape index (κ1) is 25.0. The zero-order chi connectivity index (χ0) is 24.8. The lowest BCUT2D eigenvalue weighted by Crippen LogP contribution is -2.39. The van der Waals surface area contributed by atoms with Gasteiger partial charge in [0.2, 0.25) is 5.91 Å². The Morgan fingerprint density at radius 2 is 1.74 bits per heavy atom. The number of halogens is 1. The van der Waals surface area contributed by atoms with Crippen LogP contribution < -0.4 is 5.32 Å². The molecule has 35 heavy (non-hydrogen) atoms. The Morgan fingerprint density at radius 3 is 2.43 bits per heavy atom. The molecule has 0 saturated carbocycles. The number of benzene rings is 2. The van der Waals surface area contributed by atoms with Crippen molar-refractivity contribution >= 4 is 23.4 Å². The number of carbonyl (C=O) groups is 2. The summed E-state index contributed by atoms with van der Waals surface area (Å²) in [4.78, 5) is 27.3. The molecule has 1 fully saturated rings. The van der Waals surface area contributed by atoms with Crippen LogP contribution in [0.4, 0.5) is 0 Å². The first-order valence-electron chi connectivity index (χ1n) is 12.3. The third-order valence-electron chi connectivity index (χ3n) is 6.40. The van der Waals surface area contributed by atoms with Crippen molar-refractivity contribution in [2.75, 3.05) is 13.1 Å². The van der Waals surface area contributed by atoms with Crippen LogP contribution in [-0.2, 0) is 17.8 Å². The Hall–Kier alpha value is -3.12. The van der Waals surface area contributed by atoms with Crippen LogP contribution in [0.2, 0.25) is 5.02 Å². The second-order valence-electron chi connectivity index (χ2n) is 9.67. The highest BCUT2D eigenvalue weighted by molar-refractivity contribution is 6.33. The van der Waals surface area contributed by atoms with Crippen LogP contribution in [0, 0.1) is 11.8 Å². The lowest BCUT2D eigenvalue weighted by Gasteiger charge is -2.32. The summed E-state index contributed by atoms with van der Waals surface area (Å²) in [5.74, 6) is 0.765. The van der Waals surface area contributed by atoms with E-state index in [1.54, 1.807) is 12.1 Å². The third kappa shape index (κ3) is 6.51. The van der Waals surface area contributed by atoms with Crippen LogP contribution in [-0.4, -0.2) is 39.6 Å². The number of hydrogen-bond acceptors (Lipinski definition) is 3. The molecule has 1 aliphatic heterocycles. The Labute approximate surface area is 212 Å². The van der Waals surface area contributed by atoms with Gasteiger partial charge in [-0.15, -0.1) is 0 Å². The number of nitrogens with zero attached hydrogens (tertiary/aromatic N) is 3. The van der Waals surface area contributed by atoms with Crippen molar-refractivity contribution in [3.63, 3.8) is 0 Å². The van der Waals surface area contributed by atoms with Crippen molar-refractivity contribution in [2.24, 2.45) is 11.8 Å². The summed E-state index contributed by atoms with van der Waals surface area (Å²) in [5.41, 5.74) is 3.57. The van der Waals surface area contributed by atoms with Crippen LogP contribution in [0.25, 0.3) is 5.69 Å². The van der Waals surface area contributed by atoms with E-state index < -0.39 is 0 Å². The van der Waals surface area contributed by atoms with E-state index in [0.717, 1.165) is 36.3 Å². The molecule has 1 aliphatic rings. The van der Waals surface area contributed by atoms with Crippen molar-refractivity contribution in [1.82, 2.24) is 20.0 Å². The molecule has 6 nitrogen and oxygen atoms in total. The number of likely N-dealkylation sites (tertiary alicyclic amines) is 1. The Bertz CT molecular complexity index is 1150. The summed E-state index contributed by atoms with van der Waals surface area (Å²) < 4.78 is 1.98. The molecule has 0 aliphatic carbocycles. The minimum Gasteiger partial charge on any atom is -0.350 e. The average molecular weight is 493 g/mol. The Kier molecular flexibility index (Phi) is 8.24. The molecule has 0 unspecified atom stereocenters. The van der Waals surface area contributed by atoms with E-state index in [0.29, 0.717) is 42.6 Å². The SMILES string of the molecule is CC(C)Cc1cc(CNC(=O)CC2CCN(C(=O)c3ccccc3Cl)CC2)nn1-c1ccccc1. The summed E-state index contributed by atoms with van der Waals surface area (Å²) in [6.45, 7) is 6.08. The van der Waals surface area contributed by atoms with Gasteiger partial charge < -0.3 is 10.2 Å². The van der Waals surface area contributed by atoms with Crippen LogP contribution in [0.1, 0.15) is 54.9 Å². The van der Waals surface area contributed by atoms with Gasteiger partial charge in [0, 0.05) is 25.2 Å². The lowest BCUT2D eigenvalue weighted by atomic mass is 9.93. The summed E-state index contributed by atoms with van der Waals surface area (Å²) >= 11 is 6.18. The molecule has 0 atom stereocenters.